The van der Waals surface area contributed by atoms with Crippen molar-refractivity contribution in [1.29, 1.82) is 0 Å². The number of nitrogens with zero attached hydrogens (tertiary/aromatic N) is 6. The van der Waals surface area contributed by atoms with Crippen LogP contribution in [0.5, 0.6) is 0 Å². The van der Waals surface area contributed by atoms with Crippen LogP contribution < -0.4 is 4.72 Å². The number of carbonyl (C=O) groups excluding carboxylic acids is 1. The smallest absolute Gasteiger partial charge is 0.325 e. The average Bonchev–Trinajstić information content (AvgIpc) is 3.40. The van der Waals surface area contributed by atoms with E-state index in [2.05, 4.69) is 24.9 Å². The zero-order valence-electron chi connectivity index (χ0n) is 17.5. The number of carbonyl (C=O) groups is 2. The van der Waals surface area contributed by atoms with Crippen LogP contribution in [0.25, 0.3) is 0 Å². The Hall–Kier alpha value is -3.62. The Morgan fingerprint density at radius 3 is 2.67 bits per heavy atom. The summed E-state index contributed by atoms with van der Waals surface area (Å²) in [6.45, 7) is 1.68. The van der Waals surface area contributed by atoms with Crippen molar-refractivity contribution in [3.05, 3.63) is 59.9 Å². The molecule has 33 heavy (non-hydrogen) atoms. The molecule has 176 valence electrons. The molecule has 0 aliphatic heterocycles. The highest BCUT2D eigenvalue weighted by molar-refractivity contribution is 7.80. The largest absolute Gasteiger partial charge is 0.480 e. The molecule has 0 radical (unpaired) electrons. The van der Waals surface area contributed by atoms with Gasteiger partial charge in [-0.3, -0.25) is 23.8 Å². The molecule has 3 aromatic rings. The SMILES string of the molecule is O=COCn1cnc(CN(CCc2ccc(NS(=O)O)cc2)Cc2cn(CC(=O)O)nn2)c1. The van der Waals surface area contributed by atoms with E-state index in [1.54, 1.807) is 35.4 Å². The summed E-state index contributed by atoms with van der Waals surface area (Å²) in [4.78, 5) is 27.7. The minimum Gasteiger partial charge on any atom is -0.480 e. The second-order valence-electron chi connectivity index (χ2n) is 7.08. The van der Waals surface area contributed by atoms with Gasteiger partial charge in [0.1, 0.15) is 6.54 Å². The number of nitrogens with one attached hydrogen (secondary N) is 1. The highest BCUT2D eigenvalue weighted by Gasteiger charge is 2.13. The Morgan fingerprint density at radius 2 is 1.97 bits per heavy atom. The van der Waals surface area contributed by atoms with E-state index < -0.39 is 17.2 Å². The van der Waals surface area contributed by atoms with Crippen molar-refractivity contribution in [2.45, 2.75) is 32.8 Å². The number of aromatic nitrogens is 5. The average molecular weight is 478 g/mol. The minimum atomic E-state index is -2.13. The number of hydrogen-bond donors (Lipinski definition) is 3. The fourth-order valence-corrected chi connectivity index (χ4v) is 3.44. The van der Waals surface area contributed by atoms with Gasteiger partial charge in [-0.05, 0) is 24.1 Å². The van der Waals surface area contributed by atoms with Crippen LogP contribution in [0.3, 0.4) is 0 Å². The Bertz CT molecular complexity index is 1080. The number of imidazole rings is 1. The summed E-state index contributed by atoms with van der Waals surface area (Å²) in [6.07, 6.45) is 5.61. The first kappa shape index (κ1) is 24.0. The van der Waals surface area contributed by atoms with Gasteiger partial charge in [0.15, 0.2) is 6.73 Å². The van der Waals surface area contributed by atoms with E-state index in [4.69, 9.17) is 14.4 Å². The molecule has 0 saturated heterocycles. The number of benzene rings is 1. The monoisotopic (exact) mass is 477 g/mol. The third-order valence-electron chi connectivity index (χ3n) is 4.51. The highest BCUT2D eigenvalue weighted by atomic mass is 32.2. The first-order valence-corrected chi connectivity index (χ1v) is 10.9. The van der Waals surface area contributed by atoms with Crippen LogP contribution in [-0.2, 0) is 58.4 Å². The van der Waals surface area contributed by atoms with Crippen LogP contribution in [0.4, 0.5) is 5.69 Å². The molecule has 0 amide bonds. The second-order valence-corrected chi connectivity index (χ2v) is 7.78. The Kier molecular flexibility index (Phi) is 8.63. The van der Waals surface area contributed by atoms with Gasteiger partial charge >= 0.3 is 5.97 Å². The number of aliphatic carboxylic acids is 1. The molecule has 13 nitrogen and oxygen atoms in total. The topological polar surface area (TPSA) is 165 Å². The summed E-state index contributed by atoms with van der Waals surface area (Å²) in [5, 5.41) is 16.8. The number of anilines is 1. The molecular formula is C19H23N7O6S. The van der Waals surface area contributed by atoms with Crippen LogP contribution >= 0.6 is 0 Å². The molecule has 2 heterocycles. The molecule has 1 atom stereocenters. The maximum Gasteiger partial charge on any atom is 0.325 e. The van der Waals surface area contributed by atoms with E-state index in [1.165, 1.54) is 4.68 Å². The molecule has 0 saturated carbocycles. The molecular weight excluding hydrogens is 454 g/mol. The lowest BCUT2D eigenvalue weighted by Crippen LogP contribution is -2.26. The summed E-state index contributed by atoms with van der Waals surface area (Å²) >= 11 is -2.13. The van der Waals surface area contributed by atoms with Gasteiger partial charge < -0.3 is 14.4 Å². The standard InChI is InChI=1S/C19H23N7O6S/c27-14-32-13-25-8-17(20-12-25)7-24(9-18-10-26(23-21-18)11-19(28)29)6-5-15-1-3-16(4-2-15)22-33(30)31/h1-4,8,10,12,14,22H,5-7,9,11,13H2,(H,28,29)(H,30,31). The van der Waals surface area contributed by atoms with Gasteiger partial charge in [-0.25, -0.2) is 13.9 Å². The molecule has 1 unspecified atom stereocenters. The first-order valence-electron chi connectivity index (χ1n) is 9.77. The van der Waals surface area contributed by atoms with Gasteiger partial charge in [0.05, 0.1) is 23.9 Å². The normalized spacial score (nSPS) is 11.9. The second kappa shape index (κ2) is 11.8. The van der Waals surface area contributed by atoms with Gasteiger partial charge in [-0.15, -0.1) is 5.10 Å². The molecule has 0 spiro atoms. The fraction of sp³-hybridized carbons (Fsp3) is 0.316. The Labute approximate surface area is 191 Å². The quantitative estimate of drug-likeness (QED) is 0.220. The number of rotatable bonds is 14. The van der Waals surface area contributed by atoms with Gasteiger partial charge in [-0.2, -0.15) is 0 Å². The van der Waals surface area contributed by atoms with Crippen molar-refractivity contribution in [2.24, 2.45) is 0 Å². The highest BCUT2D eigenvalue weighted by Crippen LogP contribution is 2.13. The van der Waals surface area contributed by atoms with E-state index in [-0.39, 0.29) is 13.3 Å². The number of carboxylic acids is 1. The third kappa shape index (κ3) is 8.10. The van der Waals surface area contributed by atoms with Gasteiger partial charge in [0.25, 0.3) is 17.7 Å². The van der Waals surface area contributed by atoms with Crippen molar-refractivity contribution in [3.8, 4) is 0 Å². The summed E-state index contributed by atoms with van der Waals surface area (Å²) in [6, 6.07) is 7.17. The summed E-state index contributed by atoms with van der Waals surface area (Å²) in [5.41, 5.74) is 2.93. The van der Waals surface area contributed by atoms with Crippen molar-refractivity contribution >= 4 is 29.4 Å². The predicted molar refractivity (Wildman–Crippen MR) is 116 cm³/mol. The van der Waals surface area contributed by atoms with Gasteiger partial charge in [0.2, 0.25) is 0 Å². The predicted octanol–water partition coefficient (Wildman–Crippen LogP) is 0.483. The van der Waals surface area contributed by atoms with Crippen molar-refractivity contribution in [3.63, 3.8) is 0 Å². The van der Waals surface area contributed by atoms with Crippen LogP contribution in [-0.4, -0.2) is 62.3 Å². The first-order chi connectivity index (χ1) is 15.9. The molecule has 3 rings (SSSR count). The molecule has 14 heteroatoms. The number of carboxylic acid groups (broad SMARTS) is 1. The van der Waals surface area contributed by atoms with Crippen molar-refractivity contribution in [2.75, 3.05) is 11.3 Å². The molecule has 1 aromatic carbocycles. The van der Waals surface area contributed by atoms with E-state index >= 15 is 0 Å². The molecule has 2 aromatic heterocycles. The summed E-state index contributed by atoms with van der Waals surface area (Å²) < 4.78 is 29.8. The van der Waals surface area contributed by atoms with E-state index in [0.29, 0.717) is 43.9 Å². The van der Waals surface area contributed by atoms with Crippen LogP contribution in [0.15, 0.2) is 43.0 Å². The molecule has 0 aliphatic rings. The van der Waals surface area contributed by atoms with Crippen LogP contribution in [0, 0.1) is 0 Å². The lowest BCUT2D eigenvalue weighted by molar-refractivity contribution is -0.138. The van der Waals surface area contributed by atoms with Crippen molar-refractivity contribution in [1.82, 2.24) is 29.4 Å². The van der Waals surface area contributed by atoms with Crippen molar-refractivity contribution < 1.29 is 28.2 Å². The van der Waals surface area contributed by atoms with Crippen LogP contribution in [0.1, 0.15) is 17.0 Å². The van der Waals surface area contributed by atoms with Gasteiger partial charge in [0, 0.05) is 31.5 Å². The molecule has 0 aliphatic carbocycles. The third-order valence-corrected chi connectivity index (χ3v) is 4.92. The van der Waals surface area contributed by atoms with E-state index in [9.17, 15) is 13.8 Å². The summed E-state index contributed by atoms with van der Waals surface area (Å²) in [5.74, 6) is -1.01. The van der Waals surface area contributed by atoms with Crippen LogP contribution in [0.2, 0.25) is 0 Å². The Balaban J connectivity index is 1.66. The number of ether oxygens (including phenoxy) is 1. The lowest BCUT2D eigenvalue weighted by Gasteiger charge is -2.20. The summed E-state index contributed by atoms with van der Waals surface area (Å²) in [7, 11) is 0. The maximum absolute atomic E-state index is 10.9. The molecule has 0 bridgehead atoms. The van der Waals surface area contributed by atoms with Gasteiger partial charge in [-0.1, -0.05) is 17.3 Å². The molecule has 3 N–H and O–H groups in total. The Morgan fingerprint density at radius 1 is 1.21 bits per heavy atom. The molecule has 0 fully saturated rings. The number of hydrogen-bond acceptors (Lipinski definition) is 8. The minimum absolute atomic E-state index is 0.0685. The zero-order valence-corrected chi connectivity index (χ0v) is 18.3. The van der Waals surface area contributed by atoms with E-state index in [1.807, 2.05) is 12.1 Å². The fourth-order valence-electron chi connectivity index (χ4n) is 3.10. The van der Waals surface area contributed by atoms with E-state index in [0.717, 1.165) is 11.3 Å². The zero-order chi connectivity index (χ0) is 23.6. The lowest BCUT2D eigenvalue weighted by atomic mass is 10.1. The maximum atomic E-state index is 10.9.